The summed E-state index contributed by atoms with van der Waals surface area (Å²) >= 11 is 8.20. The molecule has 0 spiro atoms. The summed E-state index contributed by atoms with van der Waals surface area (Å²) < 4.78 is 134. The molecule has 0 saturated heterocycles. The van der Waals surface area contributed by atoms with Crippen molar-refractivity contribution in [3.05, 3.63) is 66.6 Å². The second-order valence-electron chi connectivity index (χ2n) is 6.63. The number of hydrogen-bond donors (Lipinski definition) is 0. The Kier molecular flexibility index (Phi) is 7.72. The largest absolute Gasteiger partial charge is 0.573 e. The predicted molar refractivity (Wildman–Crippen MR) is 102 cm³/mol. The van der Waals surface area contributed by atoms with Gasteiger partial charge >= 0.3 is 24.4 Å². The van der Waals surface area contributed by atoms with Crippen molar-refractivity contribution >= 4 is 39.0 Å². The standard InChI is InChI=1S/C18H7BrClF10NO4/c19-10-4-7(15(21,16(22,23)24)17(25,26)27)5-13(35-18(28,29)30)9(10)6-12(32)8-2-1-3-11(14(8)20)31(33)34/h1-5H,6H2. The first-order valence-electron chi connectivity index (χ1n) is 8.57. The Morgan fingerprint density at radius 3 is 2.00 bits per heavy atom. The van der Waals surface area contributed by atoms with E-state index in [1.165, 1.54) is 0 Å². The van der Waals surface area contributed by atoms with E-state index in [4.69, 9.17) is 11.6 Å². The van der Waals surface area contributed by atoms with E-state index in [1.807, 2.05) is 0 Å². The molecule has 2 aromatic carbocycles. The van der Waals surface area contributed by atoms with E-state index < -0.39 is 85.2 Å². The van der Waals surface area contributed by atoms with Crippen LogP contribution in [0.15, 0.2) is 34.8 Å². The van der Waals surface area contributed by atoms with E-state index in [0.29, 0.717) is 0 Å². The first-order valence-corrected chi connectivity index (χ1v) is 9.75. The molecule has 0 aromatic heterocycles. The number of carbonyl (C=O) groups is 1. The van der Waals surface area contributed by atoms with Crippen molar-refractivity contribution < 1.29 is 58.4 Å². The molecular weight excluding hydrogens is 600 g/mol. The van der Waals surface area contributed by atoms with Crippen LogP contribution in [-0.2, 0) is 12.1 Å². The zero-order valence-electron chi connectivity index (χ0n) is 16.2. The molecule has 0 heterocycles. The van der Waals surface area contributed by atoms with Gasteiger partial charge in [-0.3, -0.25) is 14.9 Å². The van der Waals surface area contributed by atoms with Crippen LogP contribution in [0.25, 0.3) is 0 Å². The number of ketones is 1. The van der Waals surface area contributed by atoms with E-state index >= 15 is 0 Å². The Balaban J connectivity index is 2.71. The number of carbonyl (C=O) groups excluding carboxylic acids is 1. The number of alkyl halides is 10. The van der Waals surface area contributed by atoms with Crippen LogP contribution in [0.1, 0.15) is 21.5 Å². The first kappa shape index (κ1) is 28.6. The normalized spacial score (nSPS) is 13.0. The lowest BCUT2D eigenvalue weighted by atomic mass is 9.91. The maximum absolute atomic E-state index is 14.4. The van der Waals surface area contributed by atoms with Gasteiger partial charge in [0, 0.05) is 33.7 Å². The van der Waals surface area contributed by atoms with Crippen molar-refractivity contribution in [2.45, 2.75) is 30.8 Å². The van der Waals surface area contributed by atoms with Crippen molar-refractivity contribution in [1.82, 2.24) is 0 Å². The zero-order valence-corrected chi connectivity index (χ0v) is 18.6. The molecule has 0 unspecified atom stereocenters. The fraction of sp³-hybridized carbons (Fsp3) is 0.278. The maximum atomic E-state index is 14.4. The number of benzene rings is 2. The van der Waals surface area contributed by atoms with Crippen LogP contribution < -0.4 is 4.74 Å². The fourth-order valence-electron chi connectivity index (χ4n) is 2.82. The van der Waals surface area contributed by atoms with Crippen LogP contribution in [-0.4, -0.2) is 29.4 Å². The summed E-state index contributed by atoms with van der Waals surface area (Å²) in [5, 5.41) is 10.2. The molecular formula is C18H7BrClF10NO4. The molecule has 0 amide bonds. The summed E-state index contributed by atoms with van der Waals surface area (Å²) in [5.41, 5.74) is -10.7. The molecule has 0 saturated carbocycles. The van der Waals surface area contributed by atoms with Crippen LogP contribution in [0.4, 0.5) is 49.6 Å². The van der Waals surface area contributed by atoms with E-state index in [-0.39, 0.29) is 6.07 Å². The van der Waals surface area contributed by atoms with Crippen molar-refractivity contribution in [1.29, 1.82) is 0 Å². The van der Waals surface area contributed by atoms with Crippen LogP contribution in [0.3, 0.4) is 0 Å². The van der Waals surface area contributed by atoms with E-state index in [9.17, 15) is 58.8 Å². The maximum Gasteiger partial charge on any atom is 0.573 e. The second kappa shape index (κ2) is 9.44. The van der Waals surface area contributed by atoms with Gasteiger partial charge in [0.05, 0.1) is 4.92 Å². The number of rotatable bonds is 6. The van der Waals surface area contributed by atoms with Gasteiger partial charge in [-0.15, -0.1) is 13.2 Å². The Morgan fingerprint density at radius 1 is 1.00 bits per heavy atom. The van der Waals surface area contributed by atoms with Crippen LogP contribution in [0.2, 0.25) is 5.02 Å². The third kappa shape index (κ3) is 5.79. The van der Waals surface area contributed by atoms with Crippen LogP contribution in [0, 0.1) is 10.1 Å². The molecule has 5 nitrogen and oxygen atoms in total. The number of nitro groups is 1. The Hall–Kier alpha value is -2.62. The molecule has 192 valence electrons. The molecule has 0 N–H and O–H groups in total. The lowest BCUT2D eigenvalue weighted by Gasteiger charge is -2.31. The monoisotopic (exact) mass is 605 g/mol. The number of ether oxygens (including phenoxy) is 1. The molecule has 2 aromatic rings. The van der Waals surface area contributed by atoms with Crippen molar-refractivity contribution in [3.8, 4) is 5.75 Å². The van der Waals surface area contributed by atoms with Gasteiger partial charge in [0.25, 0.3) is 5.69 Å². The van der Waals surface area contributed by atoms with Crippen LogP contribution in [0.5, 0.6) is 5.75 Å². The first-order chi connectivity index (χ1) is 15.7. The minimum absolute atomic E-state index is 0.109. The molecule has 0 aliphatic heterocycles. The minimum atomic E-state index is -6.64. The summed E-state index contributed by atoms with van der Waals surface area (Å²) in [6, 6.07) is 2.21. The number of nitrogens with zero attached hydrogens (tertiary/aromatic N) is 1. The Bertz CT molecular complexity index is 1150. The second-order valence-corrected chi connectivity index (χ2v) is 7.86. The third-order valence-electron chi connectivity index (χ3n) is 4.37. The lowest BCUT2D eigenvalue weighted by molar-refractivity contribution is -0.384. The van der Waals surface area contributed by atoms with Crippen molar-refractivity contribution in [3.63, 3.8) is 0 Å². The summed E-state index contributed by atoms with van der Waals surface area (Å²) in [6.45, 7) is 0. The average Bonchev–Trinajstić information content (AvgIpc) is 2.66. The Labute approximate surface area is 200 Å². The summed E-state index contributed by atoms with van der Waals surface area (Å²) in [4.78, 5) is 22.5. The van der Waals surface area contributed by atoms with Gasteiger partial charge in [-0.05, 0) is 18.2 Å². The highest BCUT2D eigenvalue weighted by molar-refractivity contribution is 9.10. The van der Waals surface area contributed by atoms with Gasteiger partial charge in [-0.25, -0.2) is 4.39 Å². The molecule has 0 radical (unpaired) electrons. The number of halogens is 12. The smallest absolute Gasteiger partial charge is 0.405 e. The fourth-order valence-corrected chi connectivity index (χ4v) is 3.70. The van der Waals surface area contributed by atoms with Gasteiger partial charge in [-0.2, -0.15) is 26.3 Å². The quantitative estimate of drug-likeness (QED) is 0.147. The molecule has 0 aliphatic carbocycles. The van der Waals surface area contributed by atoms with Gasteiger partial charge in [0.1, 0.15) is 10.8 Å². The van der Waals surface area contributed by atoms with E-state index in [2.05, 4.69) is 20.7 Å². The molecule has 17 heteroatoms. The van der Waals surface area contributed by atoms with Gasteiger partial charge < -0.3 is 4.74 Å². The zero-order chi connectivity index (χ0) is 27.1. The molecule has 0 aliphatic rings. The highest BCUT2D eigenvalue weighted by atomic mass is 79.9. The molecule has 2 rings (SSSR count). The summed E-state index contributed by atoms with van der Waals surface area (Å²) in [5.74, 6) is -2.98. The Morgan fingerprint density at radius 2 is 1.54 bits per heavy atom. The van der Waals surface area contributed by atoms with Gasteiger partial charge in [0.15, 0.2) is 5.78 Å². The third-order valence-corrected chi connectivity index (χ3v) is 5.48. The molecule has 0 atom stereocenters. The minimum Gasteiger partial charge on any atom is -0.405 e. The number of Topliss-reactive ketones (excluding diaryl/α,β-unsaturated/α-hetero) is 1. The summed E-state index contributed by atoms with van der Waals surface area (Å²) in [7, 11) is 0. The number of nitro benzene ring substituents is 1. The predicted octanol–water partition coefficient (Wildman–Crippen LogP) is 7.62. The SMILES string of the molecule is O=C(Cc1c(Br)cc(C(F)(C(F)(F)F)C(F)(F)F)cc1OC(F)(F)F)c1cccc([N+](=O)[O-])c1Cl. The topological polar surface area (TPSA) is 69.4 Å². The average molecular weight is 607 g/mol. The van der Waals surface area contributed by atoms with Gasteiger partial charge in [0.2, 0.25) is 0 Å². The summed E-state index contributed by atoms with van der Waals surface area (Å²) in [6.07, 6.45) is -20.2. The number of hydrogen-bond acceptors (Lipinski definition) is 4. The van der Waals surface area contributed by atoms with Crippen molar-refractivity contribution in [2.75, 3.05) is 0 Å². The lowest BCUT2D eigenvalue weighted by Crippen LogP contribution is -2.50. The van der Waals surface area contributed by atoms with E-state index in [0.717, 1.165) is 18.2 Å². The molecule has 0 fully saturated rings. The van der Waals surface area contributed by atoms with Crippen LogP contribution >= 0.6 is 27.5 Å². The van der Waals surface area contributed by atoms with Crippen molar-refractivity contribution in [2.24, 2.45) is 0 Å². The van der Waals surface area contributed by atoms with E-state index in [1.54, 1.807) is 0 Å². The molecule has 0 bridgehead atoms. The highest BCUT2D eigenvalue weighted by Gasteiger charge is 2.73. The van der Waals surface area contributed by atoms with Gasteiger partial charge in [-0.1, -0.05) is 33.6 Å². The highest BCUT2D eigenvalue weighted by Crippen LogP contribution is 2.54. The molecule has 35 heavy (non-hydrogen) atoms.